The molecule has 108 valence electrons. The summed E-state index contributed by atoms with van der Waals surface area (Å²) in [4.78, 5) is 4.30. The van der Waals surface area contributed by atoms with Gasteiger partial charge >= 0.3 is 0 Å². The predicted molar refractivity (Wildman–Crippen MR) is 74.8 cm³/mol. The number of hydrogen-bond acceptors (Lipinski definition) is 5. The van der Waals surface area contributed by atoms with E-state index in [-0.39, 0.29) is 6.61 Å². The van der Waals surface area contributed by atoms with Gasteiger partial charge in [0.1, 0.15) is 0 Å². The number of ether oxygens (including phenoxy) is 2. The second-order valence-corrected chi connectivity index (χ2v) is 4.87. The van der Waals surface area contributed by atoms with Crippen molar-refractivity contribution < 1.29 is 14.0 Å². The van der Waals surface area contributed by atoms with Crippen molar-refractivity contribution in [1.29, 1.82) is 0 Å². The third kappa shape index (κ3) is 3.98. The first-order valence-corrected chi connectivity index (χ1v) is 6.85. The summed E-state index contributed by atoms with van der Waals surface area (Å²) in [6.45, 7) is 7.01. The van der Waals surface area contributed by atoms with Crippen LogP contribution in [0.2, 0.25) is 0 Å². The second-order valence-electron chi connectivity index (χ2n) is 4.87. The van der Waals surface area contributed by atoms with Gasteiger partial charge in [0.15, 0.2) is 23.9 Å². The maximum Gasteiger partial charge on any atom is 0.264 e. The zero-order chi connectivity index (χ0) is 14.4. The highest BCUT2D eigenvalue weighted by molar-refractivity contribution is 5.39. The lowest BCUT2D eigenvalue weighted by molar-refractivity contribution is 0.228. The quantitative estimate of drug-likeness (QED) is 0.777. The van der Waals surface area contributed by atoms with Crippen molar-refractivity contribution in [3.05, 3.63) is 36.0 Å². The summed E-state index contributed by atoms with van der Waals surface area (Å²) in [5.41, 5.74) is 0. The molecule has 2 rings (SSSR count). The summed E-state index contributed by atoms with van der Waals surface area (Å²) < 4.78 is 16.3. The van der Waals surface area contributed by atoms with Gasteiger partial charge in [-0.2, -0.15) is 4.98 Å². The molecule has 5 nitrogen and oxygen atoms in total. The van der Waals surface area contributed by atoms with Gasteiger partial charge in [-0.15, -0.1) is 0 Å². The van der Waals surface area contributed by atoms with E-state index >= 15 is 0 Å². The summed E-state index contributed by atoms with van der Waals surface area (Å²) >= 11 is 0. The molecule has 0 aliphatic heterocycles. The minimum Gasteiger partial charge on any atom is -0.490 e. The lowest BCUT2D eigenvalue weighted by Crippen LogP contribution is -2.00. The molecule has 0 unspecified atom stereocenters. The minimum absolute atomic E-state index is 0.245. The highest BCUT2D eigenvalue weighted by atomic mass is 16.5. The van der Waals surface area contributed by atoms with Crippen LogP contribution in [0.3, 0.4) is 0 Å². The number of benzene rings is 1. The summed E-state index contributed by atoms with van der Waals surface area (Å²) in [7, 11) is 0. The highest BCUT2D eigenvalue weighted by Gasteiger charge is 2.10. The van der Waals surface area contributed by atoms with Crippen LogP contribution in [0.4, 0.5) is 0 Å². The lowest BCUT2D eigenvalue weighted by Gasteiger charge is -2.09. The van der Waals surface area contributed by atoms with E-state index in [1.807, 2.05) is 31.2 Å². The van der Waals surface area contributed by atoms with Crippen LogP contribution in [0, 0.1) is 5.92 Å². The first kappa shape index (κ1) is 14.4. The molecule has 0 spiro atoms. The smallest absolute Gasteiger partial charge is 0.264 e. The number of aromatic nitrogens is 2. The molecule has 2 aromatic rings. The molecule has 0 saturated heterocycles. The molecule has 5 heteroatoms. The van der Waals surface area contributed by atoms with Crippen LogP contribution in [-0.2, 0) is 13.0 Å². The Morgan fingerprint density at radius 2 is 1.85 bits per heavy atom. The fourth-order valence-electron chi connectivity index (χ4n) is 1.78. The zero-order valence-corrected chi connectivity index (χ0v) is 12.1. The second kappa shape index (κ2) is 6.93. The SMILES string of the molecule is CCOc1ccccc1OCc1nc(CC(C)C)no1. The average molecular weight is 276 g/mol. The Morgan fingerprint density at radius 1 is 1.15 bits per heavy atom. The van der Waals surface area contributed by atoms with Gasteiger partial charge in [0.2, 0.25) is 0 Å². The van der Waals surface area contributed by atoms with E-state index in [4.69, 9.17) is 14.0 Å². The maximum absolute atomic E-state index is 5.67. The monoisotopic (exact) mass is 276 g/mol. The van der Waals surface area contributed by atoms with Crippen LogP contribution in [0.5, 0.6) is 11.5 Å². The summed E-state index contributed by atoms with van der Waals surface area (Å²) in [6, 6.07) is 7.54. The fourth-order valence-corrected chi connectivity index (χ4v) is 1.78. The van der Waals surface area contributed by atoms with Gasteiger partial charge in [0, 0.05) is 6.42 Å². The molecule has 0 N–H and O–H groups in total. The standard InChI is InChI=1S/C15H20N2O3/c1-4-18-12-7-5-6-8-13(12)19-10-15-16-14(17-20-15)9-11(2)3/h5-8,11H,4,9-10H2,1-3H3. The Kier molecular flexibility index (Phi) is 4.98. The number of nitrogens with zero attached hydrogens (tertiary/aromatic N) is 2. The van der Waals surface area contributed by atoms with Crippen LogP contribution in [-0.4, -0.2) is 16.7 Å². The summed E-state index contributed by atoms with van der Waals surface area (Å²) in [5.74, 6) is 3.10. The first-order chi connectivity index (χ1) is 9.69. The van der Waals surface area contributed by atoms with Gasteiger partial charge in [-0.1, -0.05) is 31.1 Å². The molecule has 0 atom stereocenters. The summed E-state index contributed by atoms with van der Waals surface area (Å²) in [6.07, 6.45) is 0.805. The molecule has 0 radical (unpaired) electrons. The van der Waals surface area contributed by atoms with Gasteiger partial charge in [-0.05, 0) is 25.0 Å². The molecule has 0 bridgehead atoms. The van der Waals surface area contributed by atoms with Gasteiger partial charge < -0.3 is 14.0 Å². The van der Waals surface area contributed by atoms with E-state index in [0.29, 0.717) is 24.2 Å². The van der Waals surface area contributed by atoms with Gasteiger partial charge in [-0.3, -0.25) is 0 Å². The Labute approximate surface area is 118 Å². The molecule has 0 saturated carbocycles. The van der Waals surface area contributed by atoms with Gasteiger partial charge in [-0.25, -0.2) is 0 Å². The van der Waals surface area contributed by atoms with Gasteiger partial charge in [0.25, 0.3) is 5.89 Å². The Bertz CT molecular complexity index is 537. The summed E-state index contributed by atoms with van der Waals surface area (Å²) in [5, 5.41) is 3.93. The van der Waals surface area contributed by atoms with Crippen molar-refractivity contribution in [3.8, 4) is 11.5 Å². The molecular weight excluding hydrogens is 256 g/mol. The van der Waals surface area contributed by atoms with Crippen LogP contribution < -0.4 is 9.47 Å². The van der Waals surface area contributed by atoms with Crippen LogP contribution >= 0.6 is 0 Å². The van der Waals surface area contributed by atoms with E-state index in [0.717, 1.165) is 18.0 Å². The van der Waals surface area contributed by atoms with E-state index in [1.165, 1.54) is 0 Å². The molecule has 0 aliphatic carbocycles. The van der Waals surface area contributed by atoms with Crippen LogP contribution in [0.25, 0.3) is 0 Å². The predicted octanol–water partition coefficient (Wildman–Crippen LogP) is 3.25. The van der Waals surface area contributed by atoms with Crippen molar-refractivity contribution in [2.75, 3.05) is 6.61 Å². The molecular formula is C15H20N2O3. The highest BCUT2D eigenvalue weighted by Crippen LogP contribution is 2.27. The van der Waals surface area contributed by atoms with E-state index < -0.39 is 0 Å². The van der Waals surface area contributed by atoms with Crippen LogP contribution in [0.1, 0.15) is 32.5 Å². The maximum atomic E-state index is 5.67. The van der Waals surface area contributed by atoms with Gasteiger partial charge in [0.05, 0.1) is 6.61 Å². The third-order valence-corrected chi connectivity index (χ3v) is 2.60. The van der Waals surface area contributed by atoms with Crippen LogP contribution in [0.15, 0.2) is 28.8 Å². The van der Waals surface area contributed by atoms with E-state index in [9.17, 15) is 0 Å². The molecule has 1 heterocycles. The van der Waals surface area contributed by atoms with E-state index in [2.05, 4.69) is 24.0 Å². The first-order valence-electron chi connectivity index (χ1n) is 6.85. The fraction of sp³-hybridized carbons (Fsp3) is 0.467. The van der Waals surface area contributed by atoms with Crippen molar-refractivity contribution in [3.63, 3.8) is 0 Å². The van der Waals surface area contributed by atoms with E-state index in [1.54, 1.807) is 0 Å². The lowest BCUT2D eigenvalue weighted by atomic mass is 10.1. The van der Waals surface area contributed by atoms with Crippen molar-refractivity contribution in [1.82, 2.24) is 10.1 Å². The Hall–Kier alpha value is -2.04. The minimum atomic E-state index is 0.245. The van der Waals surface area contributed by atoms with Crippen molar-refractivity contribution in [2.24, 2.45) is 5.92 Å². The van der Waals surface area contributed by atoms with Crippen molar-refractivity contribution >= 4 is 0 Å². The Morgan fingerprint density at radius 3 is 2.50 bits per heavy atom. The van der Waals surface area contributed by atoms with Crippen molar-refractivity contribution in [2.45, 2.75) is 33.8 Å². The average Bonchev–Trinajstić information content (AvgIpc) is 2.85. The third-order valence-electron chi connectivity index (χ3n) is 2.60. The molecule has 0 fully saturated rings. The molecule has 1 aromatic heterocycles. The molecule has 0 amide bonds. The molecule has 1 aromatic carbocycles. The number of rotatable bonds is 7. The zero-order valence-electron chi connectivity index (χ0n) is 12.1. The number of para-hydroxylation sites is 2. The molecule has 0 aliphatic rings. The number of hydrogen-bond donors (Lipinski definition) is 0. The topological polar surface area (TPSA) is 57.4 Å². The Balaban J connectivity index is 1.96. The largest absolute Gasteiger partial charge is 0.490 e. The molecule has 20 heavy (non-hydrogen) atoms. The normalized spacial score (nSPS) is 10.8.